The molecule has 0 bridgehead atoms. The molecule has 2 heteroatoms. The van der Waals surface area contributed by atoms with Gasteiger partial charge in [-0.15, -0.1) is 0 Å². The first kappa shape index (κ1) is 14.1. The van der Waals surface area contributed by atoms with Crippen LogP contribution in [0.4, 0.5) is 0 Å². The molecule has 3 unspecified atom stereocenters. The summed E-state index contributed by atoms with van der Waals surface area (Å²) in [6.45, 7) is 4.38. The van der Waals surface area contributed by atoms with Gasteiger partial charge in [0.05, 0.1) is 0 Å². The average molecular weight is 272 g/mol. The SMILES string of the molecule is CC1CCC(CN)C(N(Cc2ccccc2)C2CC2)C1. The maximum absolute atomic E-state index is 6.06. The molecule has 2 aliphatic rings. The van der Waals surface area contributed by atoms with Crippen LogP contribution in [0.3, 0.4) is 0 Å². The average Bonchev–Trinajstić information content (AvgIpc) is 3.30. The third-order valence-corrected chi connectivity index (χ3v) is 5.17. The van der Waals surface area contributed by atoms with Crippen molar-refractivity contribution in [3.8, 4) is 0 Å². The first-order valence-corrected chi connectivity index (χ1v) is 8.27. The Hall–Kier alpha value is -0.860. The van der Waals surface area contributed by atoms with Crippen molar-refractivity contribution in [2.24, 2.45) is 17.6 Å². The quantitative estimate of drug-likeness (QED) is 0.890. The number of benzene rings is 1. The fraction of sp³-hybridized carbons (Fsp3) is 0.667. The van der Waals surface area contributed by atoms with Crippen molar-refractivity contribution in [2.75, 3.05) is 6.54 Å². The molecule has 110 valence electrons. The molecule has 0 radical (unpaired) electrons. The molecule has 3 rings (SSSR count). The highest BCUT2D eigenvalue weighted by atomic mass is 15.2. The maximum atomic E-state index is 6.06. The summed E-state index contributed by atoms with van der Waals surface area (Å²) in [5, 5.41) is 0. The molecule has 0 spiro atoms. The monoisotopic (exact) mass is 272 g/mol. The Morgan fingerprint density at radius 1 is 1.10 bits per heavy atom. The van der Waals surface area contributed by atoms with Gasteiger partial charge >= 0.3 is 0 Å². The predicted octanol–water partition coefficient (Wildman–Crippen LogP) is 3.41. The Labute approximate surface area is 123 Å². The second-order valence-electron chi connectivity index (χ2n) is 6.87. The molecule has 0 heterocycles. The summed E-state index contributed by atoms with van der Waals surface area (Å²) in [5.41, 5.74) is 7.52. The Morgan fingerprint density at radius 2 is 1.85 bits per heavy atom. The molecular weight excluding hydrogens is 244 g/mol. The summed E-state index contributed by atoms with van der Waals surface area (Å²) < 4.78 is 0. The molecule has 0 aromatic heterocycles. The Balaban J connectivity index is 1.75. The molecule has 2 N–H and O–H groups in total. The van der Waals surface area contributed by atoms with E-state index in [1.165, 1.54) is 37.7 Å². The minimum Gasteiger partial charge on any atom is -0.330 e. The fourth-order valence-corrected chi connectivity index (χ4v) is 3.81. The van der Waals surface area contributed by atoms with E-state index < -0.39 is 0 Å². The van der Waals surface area contributed by atoms with Crippen LogP contribution in [0.2, 0.25) is 0 Å². The van der Waals surface area contributed by atoms with Gasteiger partial charge in [-0.25, -0.2) is 0 Å². The van der Waals surface area contributed by atoms with Crippen LogP contribution in [0.25, 0.3) is 0 Å². The minimum absolute atomic E-state index is 0.704. The maximum Gasteiger partial charge on any atom is 0.0239 e. The number of nitrogens with zero attached hydrogens (tertiary/aromatic N) is 1. The van der Waals surface area contributed by atoms with Gasteiger partial charge in [0.1, 0.15) is 0 Å². The molecule has 2 saturated carbocycles. The standard InChI is InChI=1S/C18H28N2/c1-14-7-8-16(12-19)18(11-14)20(17-9-10-17)13-15-5-3-2-4-6-15/h2-6,14,16-18H,7-13,19H2,1H3. The van der Waals surface area contributed by atoms with Crippen molar-refractivity contribution >= 4 is 0 Å². The zero-order chi connectivity index (χ0) is 13.9. The highest BCUT2D eigenvalue weighted by Gasteiger charge is 2.39. The van der Waals surface area contributed by atoms with Crippen LogP contribution in [0.15, 0.2) is 30.3 Å². The molecule has 0 aliphatic heterocycles. The van der Waals surface area contributed by atoms with E-state index in [4.69, 9.17) is 5.73 Å². The summed E-state index contributed by atoms with van der Waals surface area (Å²) in [7, 11) is 0. The molecule has 3 atom stereocenters. The van der Waals surface area contributed by atoms with E-state index in [1.807, 2.05) is 0 Å². The van der Waals surface area contributed by atoms with E-state index in [2.05, 4.69) is 42.2 Å². The number of hydrogen-bond donors (Lipinski definition) is 1. The van der Waals surface area contributed by atoms with E-state index >= 15 is 0 Å². The van der Waals surface area contributed by atoms with Crippen LogP contribution >= 0.6 is 0 Å². The molecule has 1 aromatic rings. The molecule has 20 heavy (non-hydrogen) atoms. The lowest BCUT2D eigenvalue weighted by molar-refractivity contribution is 0.0725. The minimum atomic E-state index is 0.704. The fourth-order valence-electron chi connectivity index (χ4n) is 3.81. The van der Waals surface area contributed by atoms with Crippen molar-refractivity contribution in [3.05, 3.63) is 35.9 Å². The zero-order valence-electron chi connectivity index (χ0n) is 12.7. The molecular formula is C18H28N2. The van der Waals surface area contributed by atoms with E-state index in [9.17, 15) is 0 Å². The molecule has 0 amide bonds. The van der Waals surface area contributed by atoms with Crippen LogP contribution in [0.1, 0.15) is 44.6 Å². The van der Waals surface area contributed by atoms with Gasteiger partial charge in [0.25, 0.3) is 0 Å². The summed E-state index contributed by atoms with van der Waals surface area (Å²) in [6.07, 6.45) is 6.79. The third-order valence-electron chi connectivity index (χ3n) is 5.17. The first-order valence-electron chi connectivity index (χ1n) is 8.27. The smallest absolute Gasteiger partial charge is 0.0239 e. The van der Waals surface area contributed by atoms with Gasteiger partial charge in [-0.1, -0.05) is 43.7 Å². The van der Waals surface area contributed by atoms with E-state index in [0.29, 0.717) is 12.0 Å². The molecule has 0 saturated heterocycles. The topological polar surface area (TPSA) is 29.3 Å². The number of rotatable bonds is 5. The number of nitrogens with two attached hydrogens (primary N) is 1. The normalized spacial score (nSPS) is 30.6. The lowest BCUT2D eigenvalue weighted by Gasteiger charge is -2.42. The number of hydrogen-bond acceptors (Lipinski definition) is 2. The Kier molecular flexibility index (Phi) is 4.42. The Bertz CT molecular complexity index is 413. The lowest BCUT2D eigenvalue weighted by atomic mass is 9.78. The molecule has 2 nitrogen and oxygen atoms in total. The largest absolute Gasteiger partial charge is 0.330 e. The van der Waals surface area contributed by atoms with Crippen LogP contribution in [-0.4, -0.2) is 23.5 Å². The van der Waals surface area contributed by atoms with Crippen molar-refractivity contribution in [2.45, 2.75) is 57.7 Å². The van der Waals surface area contributed by atoms with Gasteiger partial charge in [0.2, 0.25) is 0 Å². The zero-order valence-corrected chi connectivity index (χ0v) is 12.7. The highest BCUT2D eigenvalue weighted by Crippen LogP contribution is 2.38. The second-order valence-corrected chi connectivity index (χ2v) is 6.87. The van der Waals surface area contributed by atoms with E-state index in [0.717, 1.165) is 25.0 Å². The van der Waals surface area contributed by atoms with Gasteiger partial charge in [-0.05, 0) is 49.6 Å². The van der Waals surface area contributed by atoms with Crippen LogP contribution in [0, 0.1) is 11.8 Å². The van der Waals surface area contributed by atoms with Gasteiger partial charge in [0.15, 0.2) is 0 Å². The summed E-state index contributed by atoms with van der Waals surface area (Å²) in [5.74, 6) is 1.57. The molecule has 2 aliphatic carbocycles. The van der Waals surface area contributed by atoms with E-state index in [-0.39, 0.29) is 0 Å². The van der Waals surface area contributed by atoms with Crippen LogP contribution in [0.5, 0.6) is 0 Å². The van der Waals surface area contributed by atoms with Gasteiger partial charge in [-0.3, -0.25) is 4.90 Å². The van der Waals surface area contributed by atoms with E-state index in [1.54, 1.807) is 0 Å². The molecule has 1 aromatic carbocycles. The van der Waals surface area contributed by atoms with Crippen molar-refractivity contribution in [3.63, 3.8) is 0 Å². The van der Waals surface area contributed by atoms with Crippen molar-refractivity contribution < 1.29 is 0 Å². The lowest BCUT2D eigenvalue weighted by Crippen LogP contribution is -2.47. The predicted molar refractivity (Wildman–Crippen MR) is 84.4 cm³/mol. The van der Waals surface area contributed by atoms with Crippen LogP contribution < -0.4 is 5.73 Å². The van der Waals surface area contributed by atoms with Crippen molar-refractivity contribution in [1.29, 1.82) is 0 Å². The summed E-state index contributed by atoms with van der Waals surface area (Å²) >= 11 is 0. The second kappa shape index (κ2) is 6.28. The highest BCUT2D eigenvalue weighted by molar-refractivity contribution is 5.15. The summed E-state index contributed by atoms with van der Waals surface area (Å²) in [4.78, 5) is 2.78. The third kappa shape index (κ3) is 3.24. The van der Waals surface area contributed by atoms with Gasteiger partial charge in [0, 0.05) is 18.6 Å². The Morgan fingerprint density at radius 3 is 2.50 bits per heavy atom. The molecule has 2 fully saturated rings. The summed E-state index contributed by atoms with van der Waals surface area (Å²) in [6, 6.07) is 12.5. The van der Waals surface area contributed by atoms with Gasteiger partial charge < -0.3 is 5.73 Å². The van der Waals surface area contributed by atoms with Gasteiger partial charge in [-0.2, -0.15) is 0 Å². The van der Waals surface area contributed by atoms with Crippen molar-refractivity contribution in [1.82, 2.24) is 4.90 Å². The van der Waals surface area contributed by atoms with Crippen LogP contribution in [-0.2, 0) is 6.54 Å². The first-order chi connectivity index (χ1) is 9.78.